The van der Waals surface area contributed by atoms with Crippen LogP contribution in [0.15, 0.2) is 64.0 Å². The topological polar surface area (TPSA) is 85.1 Å². The normalized spacial score (nSPS) is 12.8. The summed E-state index contributed by atoms with van der Waals surface area (Å²) in [5, 5.41) is 7.08. The van der Waals surface area contributed by atoms with Crippen molar-refractivity contribution in [1.82, 2.24) is 15.5 Å². The number of nitrogens with zero attached hydrogens (tertiary/aromatic N) is 2. The van der Waals surface area contributed by atoms with Gasteiger partial charge < -0.3 is 9.84 Å². The van der Waals surface area contributed by atoms with E-state index in [1.165, 1.54) is 0 Å². The Bertz CT molecular complexity index is 968. The summed E-state index contributed by atoms with van der Waals surface area (Å²) in [5.41, 5.74) is 1.34. The van der Waals surface area contributed by atoms with Crippen LogP contribution in [-0.2, 0) is 22.0 Å². The molecule has 0 fully saturated rings. The van der Waals surface area contributed by atoms with Gasteiger partial charge in [0.2, 0.25) is 0 Å². The van der Waals surface area contributed by atoms with Crippen LogP contribution in [-0.4, -0.2) is 31.6 Å². The molecule has 3 aromatic rings. The maximum Gasteiger partial charge on any atom is 0.257 e. The first kappa shape index (κ1) is 18.3. The number of rotatable bonds is 7. The van der Waals surface area contributed by atoms with E-state index in [2.05, 4.69) is 15.5 Å². The predicted octanol–water partition coefficient (Wildman–Crippen LogP) is 2.86. The molecule has 1 N–H and O–H groups in total. The second-order valence-electron chi connectivity index (χ2n) is 6.18. The van der Waals surface area contributed by atoms with Gasteiger partial charge in [-0.2, -0.15) is 4.98 Å². The van der Waals surface area contributed by atoms with Crippen molar-refractivity contribution in [3.63, 3.8) is 0 Å². The molecule has 0 aliphatic rings. The zero-order valence-corrected chi connectivity index (χ0v) is 15.5. The second-order valence-corrected chi connectivity index (χ2v) is 8.17. The molecule has 0 saturated heterocycles. The lowest BCUT2D eigenvalue weighted by Crippen LogP contribution is -2.24. The maximum atomic E-state index is 12.7. The van der Waals surface area contributed by atoms with Crippen molar-refractivity contribution in [1.29, 1.82) is 0 Å². The fourth-order valence-corrected chi connectivity index (χ4v) is 3.92. The highest BCUT2D eigenvalue weighted by Gasteiger charge is 2.18. The van der Waals surface area contributed by atoms with Crippen molar-refractivity contribution in [2.45, 2.75) is 30.0 Å². The van der Waals surface area contributed by atoms with Crippen LogP contribution in [0.5, 0.6) is 0 Å². The number of benzene rings is 2. The van der Waals surface area contributed by atoms with Gasteiger partial charge >= 0.3 is 0 Å². The van der Waals surface area contributed by atoms with Crippen LogP contribution in [0.2, 0.25) is 0 Å². The Hall–Kier alpha value is -2.51. The van der Waals surface area contributed by atoms with E-state index in [0.717, 1.165) is 5.56 Å². The molecule has 0 radical (unpaired) electrons. The summed E-state index contributed by atoms with van der Waals surface area (Å²) in [7, 11) is -1.59. The van der Waals surface area contributed by atoms with Gasteiger partial charge in [-0.25, -0.2) is 8.42 Å². The molecular formula is C19H21N3O3S. The van der Waals surface area contributed by atoms with Gasteiger partial charge in [0, 0.05) is 18.0 Å². The molecule has 6 nitrogen and oxygen atoms in total. The number of aromatic nitrogens is 2. The van der Waals surface area contributed by atoms with Gasteiger partial charge in [-0.05, 0) is 37.7 Å². The molecule has 3 rings (SSSR count). The first-order valence-electron chi connectivity index (χ1n) is 8.35. The van der Waals surface area contributed by atoms with Crippen LogP contribution in [0.1, 0.15) is 18.3 Å². The molecule has 0 bridgehead atoms. The predicted molar refractivity (Wildman–Crippen MR) is 99.3 cm³/mol. The Kier molecular flexibility index (Phi) is 5.49. The molecule has 1 heterocycles. The minimum atomic E-state index is -3.46. The highest BCUT2D eigenvalue weighted by atomic mass is 32.2. The molecule has 1 atom stereocenters. The van der Waals surface area contributed by atoms with Crippen molar-refractivity contribution in [3.05, 3.63) is 66.0 Å². The number of hydrogen-bond donors (Lipinski definition) is 1. The second kappa shape index (κ2) is 7.80. The molecule has 0 amide bonds. The number of sulfone groups is 1. The Morgan fingerprint density at radius 3 is 2.62 bits per heavy atom. The molecule has 7 heteroatoms. The van der Waals surface area contributed by atoms with Crippen LogP contribution >= 0.6 is 0 Å². The van der Waals surface area contributed by atoms with E-state index in [1.807, 2.05) is 32.2 Å². The fourth-order valence-electron chi connectivity index (χ4n) is 2.53. The van der Waals surface area contributed by atoms with Crippen molar-refractivity contribution >= 4 is 9.84 Å². The van der Waals surface area contributed by atoms with Crippen LogP contribution in [0.25, 0.3) is 11.5 Å². The van der Waals surface area contributed by atoms with Gasteiger partial charge in [-0.3, -0.25) is 0 Å². The average molecular weight is 371 g/mol. The SMILES string of the molecule is CNC(C)Cc1noc(-c2cccc(S(=O)(=O)Cc3ccccc3)c2)n1. The summed E-state index contributed by atoms with van der Waals surface area (Å²) >= 11 is 0. The summed E-state index contributed by atoms with van der Waals surface area (Å²) in [5.74, 6) is 0.853. The van der Waals surface area contributed by atoms with Crippen molar-refractivity contribution < 1.29 is 12.9 Å². The maximum absolute atomic E-state index is 12.7. The third-order valence-corrected chi connectivity index (χ3v) is 5.77. The Morgan fingerprint density at radius 1 is 1.12 bits per heavy atom. The smallest absolute Gasteiger partial charge is 0.257 e. The monoisotopic (exact) mass is 371 g/mol. The van der Waals surface area contributed by atoms with Gasteiger partial charge in [0.05, 0.1) is 10.6 Å². The zero-order valence-electron chi connectivity index (χ0n) is 14.7. The van der Waals surface area contributed by atoms with Crippen molar-refractivity contribution in [3.8, 4) is 11.5 Å². The van der Waals surface area contributed by atoms with Gasteiger partial charge in [0.25, 0.3) is 5.89 Å². The third-order valence-electron chi connectivity index (χ3n) is 4.09. The average Bonchev–Trinajstić information content (AvgIpc) is 3.10. The van der Waals surface area contributed by atoms with Crippen LogP contribution in [0.3, 0.4) is 0 Å². The van der Waals surface area contributed by atoms with E-state index < -0.39 is 9.84 Å². The van der Waals surface area contributed by atoms with E-state index in [1.54, 1.807) is 36.4 Å². The van der Waals surface area contributed by atoms with Gasteiger partial charge in [0.1, 0.15) is 0 Å². The summed E-state index contributed by atoms with van der Waals surface area (Å²) in [6, 6.07) is 16.0. The fraction of sp³-hybridized carbons (Fsp3) is 0.263. The lowest BCUT2D eigenvalue weighted by Gasteiger charge is -2.06. The molecule has 0 spiro atoms. The van der Waals surface area contributed by atoms with Crippen molar-refractivity contribution in [2.75, 3.05) is 7.05 Å². The van der Waals surface area contributed by atoms with E-state index in [4.69, 9.17) is 4.52 Å². The molecule has 0 saturated carbocycles. The third kappa shape index (κ3) is 4.36. The molecule has 136 valence electrons. The zero-order chi connectivity index (χ0) is 18.6. The van der Waals surface area contributed by atoms with E-state index in [9.17, 15) is 8.42 Å². The molecule has 26 heavy (non-hydrogen) atoms. The highest BCUT2D eigenvalue weighted by molar-refractivity contribution is 7.90. The summed E-state index contributed by atoms with van der Waals surface area (Å²) in [4.78, 5) is 4.60. The standard InChI is InChI=1S/C19H21N3O3S/c1-14(20-2)11-18-21-19(25-22-18)16-9-6-10-17(12-16)26(23,24)13-15-7-4-3-5-8-15/h3-10,12,14,20H,11,13H2,1-2H3. The van der Waals surface area contributed by atoms with E-state index in [-0.39, 0.29) is 16.7 Å². The van der Waals surface area contributed by atoms with Gasteiger partial charge in [0.15, 0.2) is 15.7 Å². The number of likely N-dealkylation sites (N-methyl/N-ethyl adjacent to an activating group) is 1. The number of nitrogens with one attached hydrogen (secondary N) is 1. The molecule has 2 aromatic carbocycles. The van der Waals surface area contributed by atoms with Crippen LogP contribution in [0.4, 0.5) is 0 Å². The molecule has 0 aliphatic carbocycles. The van der Waals surface area contributed by atoms with E-state index in [0.29, 0.717) is 23.7 Å². The number of hydrogen-bond acceptors (Lipinski definition) is 6. The summed E-state index contributed by atoms with van der Waals surface area (Å²) < 4.78 is 30.7. The quantitative estimate of drug-likeness (QED) is 0.687. The minimum absolute atomic E-state index is 0.0495. The summed E-state index contributed by atoms with van der Waals surface area (Å²) in [6.07, 6.45) is 0.631. The summed E-state index contributed by atoms with van der Waals surface area (Å²) in [6.45, 7) is 2.02. The van der Waals surface area contributed by atoms with Crippen molar-refractivity contribution in [2.24, 2.45) is 0 Å². The molecule has 1 unspecified atom stereocenters. The molecule has 0 aliphatic heterocycles. The van der Waals surface area contributed by atoms with E-state index >= 15 is 0 Å². The first-order chi connectivity index (χ1) is 12.5. The Labute approximate surface area is 153 Å². The molecular weight excluding hydrogens is 350 g/mol. The van der Waals surface area contributed by atoms with Gasteiger partial charge in [-0.1, -0.05) is 41.6 Å². The molecule has 1 aromatic heterocycles. The van der Waals surface area contributed by atoms with Crippen LogP contribution < -0.4 is 5.32 Å². The van der Waals surface area contributed by atoms with Crippen LogP contribution in [0, 0.1) is 0 Å². The Morgan fingerprint density at radius 2 is 1.88 bits per heavy atom. The lowest BCUT2D eigenvalue weighted by molar-refractivity contribution is 0.418. The highest BCUT2D eigenvalue weighted by Crippen LogP contribution is 2.23. The minimum Gasteiger partial charge on any atom is -0.334 e. The Balaban J connectivity index is 1.84. The largest absolute Gasteiger partial charge is 0.334 e. The first-order valence-corrected chi connectivity index (χ1v) is 10.00. The van der Waals surface area contributed by atoms with Gasteiger partial charge in [-0.15, -0.1) is 0 Å². The lowest BCUT2D eigenvalue weighted by atomic mass is 10.2.